The fourth-order valence-corrected chi connectivity index (χ4v) is 2.66. The van der Waals surface area contributed by atoms with Crippen molar-refractivity contribution in [3.05, 3.63) is 0 Å². The lowest BCUT2D eigenvalue weighted by atomic mass is 10.7. The third-order valence-corrected chi connectivity index (χ3v) is 3.74. The lowest BCUT2D eigenvalue weighted by Crippen LogP contribution is -2.42. The molecule has 1 aliphatic rings. The van der Waals surface area contributed by atoms with Crippen molar-refractivity contribution in [3.8, 4) is 0 Å². The van der Waals surface area contributed by atoms with E-state index in [0.29, 0.717) is 0 Å². The van der Waals surface area contributed by atoms with E-state index in [1.165, 1.54) is 0 Å². The quantitative estimate of drug-likeness (QED) is 0.456. The van der Waals surface area contributed by atoms with E-state index in [1.54, 1.807) is 0 Å². The van der Waals surface area contributed by atoms with E-state index in [2.05, 4.69) is 0 Å². The van der Waals surface area contributed by atoms with Crippen molar-refractivity contribution in [2.45, 2.75) is 10.5 Å². The van der Waals surface area contributed by atoms with Gasteiger partial charge in [-0.15, -0.1) is 17.6 Å². The Hall–Kier alpha value is 0.300. The van der Waals surface area contributed by atoms with Crippen molar-refractivity contribution in [2.24, 2.45) is 0 Å². The Balaban J connectivity index is 2.95. The molecule has 1 saturated heterocycles. The molecule has 1 fully saturated rings. The normalized spacial score (nSPS) is 40.9. The highest BCUT2D eigenvalue weighted by Gasteiger charge is 2.84. The molecule has 66 valence electrons. The number of nitrogens with one attached hydrogen (secondary N) is 1. The Labute approximate surface area is 64.8 Å². The highest BCUT2D eigenvalue weighted by molar-refractivity contribution is 8.09. The van der Waals surface area contributed by atoms with Crippen LogP contribution in [0.4, 0.5) is 17.6 Å². The molecule has 2 atom stereocenters. The van der Waals surface area contributed by atoms with Gasteiger partial charge in [-0.2, -0.15) is 0 Å². The minimum atomic E-state index is -4.75. The Morgan fingerprint density at radius 2 is 1.18 bits per heavy atom. The van der Waals surface area contributed by atoms with Crippen LogP contribution < -0.4 is 4.13 Å². The van der Waals surface area contributed by atoms with Crippen molar-refractivity contribution >= 4 is 22.7 Å². The highest BCUT2D eigenvalue weighted by atomic mass is 32.3. The maximum absolute atomic E-state index is 12.1. The summed E-state index contributed by atoms with van der Waals surface area (Å²) in [5.74, 6) is 0. The average Bonchev–Trinajstić information content (AvgIpc) is 1.95. The van der Waals surface area contributed by atoms with Gasteiger partial charge in [0.1, 0.15) is 0 Å². The molecule has 1 heterocycles. The van der Waals surface area contributed by atoms with Crippen LogP contribution in [0.2, 0.25) is 0 Å². The van der Waals surface area contributed by atoms with Crippen molar-refractivity contribution in [2.75, 3.05) is 0 Å². The number of alkyl halides is 4. The van der Waals surface area contributed by atoms with E-state index in [-0.39, 0.29) is 0 Å². The maximum Gasteiger partial charge on any atom is 0.550 e. The lowest BCUT2D eigenvalue weighted by Gasteiger charge is -2.09. The zero-order chi connectivity index (χ0) is 8.86. The summed E-state index contributed by atoms with van der Waals surface area (Å²) >= 11 is -6.53. The second-order valence-electron chi connectivity index (χ2n) is 1.65. The topological polar surface area (TPSA) is 58.1 Å². The Morgan fingerprint density at radius 1 is 0.909 bits per heavy atom. The van der Waals surface area contributed by atoms with Crippen molar-refractivity contribution in [1.82, 2.24) is 4.13 Å². The molecule has 1 rings (SSSR count). The smallest absolute Gasteiger partial charge is 0.550 e. The molecule has 1 N–H and O–H groups in total. The van der Waals surface area contributed by atoms with Gasteiger partial charge in [-0.25, -0.2) is 0 Å². The molecule has 1 aliphatic heterocycles. The summed E-state index contributed by atoms with van der Waals surface area (Å²) in [7, 11) is 0. The molecule has 0 bridgehead atoms. The molecular formula is C2HF4NO2S2. The summed E-state index contributed by atoms with van der Waals surface area (Å²) < 4.78 is 69.5. The molecular weight excluding hydrogens is 210 g/mol. The van der Waals surface area contributed by atoms with Gasteiger partial charge in [0.15, 0.2) is 22.7 Å². The molecule has 0 amide bonds. The van der Waals surface area contributed by atoms with E-state index in [9.17, 15) is 26.7 Å². The number of halogens is 4. The average molecular weight is 211 g/mol. The van der Waals surface area contributed by atoms with Crippen LogP contribution in [-0.2, 0) is 22.7 Å². The lowest BCUT2D eigenvalue weighted by molar-refractivity contribution is -0.0920. The largest absolute Gasteiger partial charge is 0.589 e. The fraction of sp³-hybridized carbons (Fsp3) is 1.00. The minimum absolute atomic E-state index is 1.04. The zero-order valence-corrected chi connectivity index (χ0v) is 6.28. The van der Waals surface area contributed by atoms with Crippen LogP contribution >= 0.6 is 0 Å². The van der Waals surface area contributed by atoms with Crippen molar-refractivity contribution < 1.29 is 26.7 Å². The highest BCUT2D eigenvalue weighted by Crippen LogP contribution is 2.46. The Bertz CT molecular complexity index is 159. The van der Waals surface area contributed by atoms with Gasteiger partial charge < -0.3 is 9.11 Å². The van der Waals surface area contributed by atoms with Crippen LogP contribution in [0.1, 0.15) is 0 Å². The van der Waals surface area contributed by atoms with Crippen molar-refractivity contribution in [3.63, 3.8) is 0 Å². The monoisotopic (exact) mass is 211 g/mol. The van der Waals surface area contributed by atoms with Crippen LogP contribution in [0.3, 0.4) is 0 Å². The van der Waals surface area contributed by atoms with E-state index < -0.39 is 33.2 Å². The SMILES string of the molecule is [O-][S+]1N[S+]([O-])C(F)(F)C1(F)F. The van der Waals surface area contributed by atoms with E-state index in [4.69, 9.17) is 0 Å². The van der Waals surface area contributed by atoms with Crippen LogP contribution in [0, 0.1) is 0 Å². The first kappa shape index (κ1) is 9.39. The standard InChI is InChI=1S/C2HF4NO2S2/c3-1(4)2(5,6)11(9)7-10(1)8/h7H. The molecule has 11 heavy (non-hydrogen) atoms. The second-order valence-corrected chi connectivity index (χ2v) is 4.42. The van der Waals surface area contributed by atoms with E-state index in [0.717, 1.165) is 4.13 Å². The predicted molar refractivity (Wildman–Crippen MR) is 29.3 cm³/mol. The maximum atomic E-state index is 12.1. The van der Waals surface area contributed by atoms with E-state index >= 15 is 0 Å². The summed E-state index contributed by atoms with van der Waals surface area (Å²) in [6.07, 6.45) is 0. The first-order chi connectivity index (χ1) is 4.80. The Kier molecular flexibility index (Phi) is 2.04. The molecule has 0 spiro atoms. The number of hydrogen-bond acceptors (Lipinski definition) is 3. The first-order valence-electron chi connectivity index (χ1n) is 2.16. The third-order valence-electron chi connectivity index (χ3n) is 0.956. The first-order valence-corrected chi connectivity index (χ1v) is 4.46. The molecule has 0 saturated carbocycles. The van der Waals surface area contributed by atoms with Gasteiger partial charge in [0, 0.05) is 0 Å². The van der Waals surface area contributed by atoms with Crippen LogP contribution in [0.25, 0.3) is 0 Å². The zero-order valence-electron chi connectivity index (χ0n) is 4.64. The molecule has 3 nitrogen and oxygen atoms in total. The van der Waals surface area contributed by atoms with Gasteiger partial charge >= 0.3 is 10.5 Å². The fourth-order valence-electron chi connectivity index (χ4n) is 0.389. The van der Waals surface area contributed by atoms with Crippen LogP contribution in [0.15, 0.2) is 0 Å². The van der Waals surface area contributed by atoms with E-state index in [1.807, 2.05) is 0 Å². The summed E-state index contributed by atoms with van der Waals surface area (Å²) in [4.78, 5) is 0. The third kappa shape index (κ3) is 1.11. The summed E-state index contributed by atoms with van der Waals surface area (Å²) in [6.45, 7) is 0. The minimum Gasteiger partial charge on any atom is -0.589 e. The summed E-state index contributed by atoms with van der Waals surface area (Å²) in [5, 5.41) is -9.50. The molecule has 0 aromatic heterocycles. The molecule has 0 aromatic carbocycles. The molecule has 0 aliphatic carbocycles. The Morgan fingerprint density at radius 3 is 1.27 bits per heavy atom. The van der Waals surface area contributed by atoms with Crippen LogP contribution in [-0.4, -0.2) is 19.6 Å². The molecule has 2 unspecified atom stereocenters. The summed E-state index contributed by atoms with van der Waals surface area (Å²) in [5.41, 5.74) is 0. The summed E-state index contributed by atoms with van der Waals surface area (Å²) in [6, 6.07) is 0. The predicted octanol–water partition coefficient (Wildman–Crippen LogP) is 0.103. The van der Waals surface area contributed by atoms with Gasteiger partial charge in [-0.3, -0.25) is 0 Å². The van der Waals surface area contributed by atoms with Crippen molar-refractivity contribution in [1.29, 1.82) is 0 Å². The molecule has 9 heteroatoms. The van der Waals surface area contributed by atoms with Gasteiger partial charge in [0.05, 0.1) is 4.13 Å². The van der Waals surface area contributed by atoms with Gasteiger partial charge in [-0.05, 0) is 0 Å². The number of hydrogen-bond donors (Lipinski definition) is 1. The number of rotatable bonds is 0. The molecule has 0 radical (unpaired) electrons. The van der Waals surface area contributed by atoms with Crippen LogP contribution in [0.5, 0.6) is 0 Å². The van der Waals surface area contributed by atoms with Gasteiger partial charge in [0.25, 0.3) is 0 Å². The van der Waals surface area contributed by atoms with Gasteiger partial charge in [-0.1, -0.05) is 0 Å². The van der Waals surface area contributed by atoms with Gasteiger partial charge in [0.2, 0.25) is 0 Å². The molecule has 0 aromatic rings. The second kappa shape index (κ2) is 2.39.